The van der Waals surface area contributed by atoms with Gasteiger partial charge in [-0.1, -0.05) is 0 Å². The Kier molecular flexibility index (Phi) is 3.51. The van der Waals surface area contributed by atoms with Gasteiger partial charge in [-0.25, -0.2) is 0 Å². The second kappa shape index (κ2) is 3.24. The topological polar surface area (TPSA) is 3.24 Å². The van der Waals surface area contributed by atoms with E-state index in [-0.39, 0.29) is 0 Å². The van der Waals surface area contributed by atoms with Gasteiger partial charge in [0.05, 0.1) is 0 Å². The third-order valence-corrected chi connectivity index (χ3v) is 17.2. The molecule has 0 unspecified atom stereocenters. The van der Waals surface area contributed by atoms with E-state index in [0.717, 1.165) is 3.93 Å². The van der Waals surface area contributed by atoms with Crippen LogP contribution in [0, 0.1) is 0 Å². The Labute approximate surface area is 63.7 Å². The van der Waals surface area contributed by atoms with Crippen molar-refractivity contribution >= 4 is 18.7 Å². The summed E-state index contributed by atoms with van der Waals surface area (Å²) in [7, 11) is 4.44. The molecule has 0 saturated heterocycles. The number of rotatable bonds is 2. The molecule has 0 aromatic heterocycles. The van der Waals surface area contributed by atoms with E-state index < -0.39 is 18.7 Å². The van der Waals surface area contributed by atoms with Crippen molar-refractivity contribution in [2.45, 2.75) is 27.7 Å². The summed E-state index contributed by atoms with van der Waals surface area (Å²) in [5, 5.41) is 0. The summed E-state index contributed by atoms with van der Waals surface area (Å²) in [6, 6.07) is 0. The van der Waals surface area contributed by atoms with Gasteiger partial charge in [0.25, 0.3) is 0 Å². The number of nitrogens with zero attached hydrogens (tertiary/aromatic N) is 1. The van der Waals surface area contributed by atoms with Gasteiger partial charge in [-0.2, -0.15) is 0 Å². The van der Waals surface area contributed by atoms with Crippen molar-refractivity contribution in [3.05, 3.63) is 0 Å². The molecule has 0 saturated carbocycles. The fourth-order valence-corrected chi connectivity index (χ4v) is 3.46. The third-order valence-electron chi connectivity index (χ3n) is 2.57. The summed E-state index contributed by atoms with van der Waals surface area (Å²) in [4.78, 5) is 4.94. The van der Waals surface area contributed by atoms with Crippen LogP contribution in [0.1, 0.15) is 13.8 Å². The Morgan fingerprint density at radius 3 is 1.44 bits per heavy atom. The van der Waals surface area contributed by atoms with Gasteiger partial charge in [-0.3, -0.25) is 0 Å². The van der Waals surface area contributed by atoms with Gasteiger partial charge >= 0.3 is 63.5 Å². The van der Waals surface area contributed by atoms with Crippen LogP contribution in [0.15, 0.2) is 0 Å². The molecule has 9 heavy (non-hydrogen) atoms. The van der Waals surface area contributed by atoms with E-state index in [1.165, 1.54) is 0 Å². The van der Waals surface area contributed by atoms with Crippen LogP contribution in [-0.4, -0.2) is 35.9 Å². The Hall–Kier alpha value is 0.759. The summed E-state index contributed by atoms with van der Waals surface area (Å²) >= 11 is -1.72. The Morgan fingerprint density at radius 1 is 1.11 bits per heavy atom. The minimum atomic E-state index is -1.72. The summed E-state index contributed by atoms with van der Waals surface area (Å²) in [5.41, 5.74) is 0. The predicted octanol–water partition coefficient (Wildman–Crippen LogP) is 2.16. The molecule has 0 aliphatic heterocycles. The first kappa shape index (κ1) is 9.76. The molecule has 0 radical (unpaired) electrons. The van der Waals surface area contributed by atoms with Crippen LogP contribution in [0.3, 0.4) is 0 Å². The van der Waals surface area contributed by atoms with Crippen LogP contribution in [0.2, 0.25) is 13.8 Å². The summed E-state index contributed by atoms with van der Waals surface area (Å²) in [5.74, 6) is 0. The molecule has 0 aliphatic carbocycles. The average Bonchev–Trinajstić information content (AvgIpc) is 1.65. The van der Waals surface area contributed by atoms with Gasteiger partial charge in [0.2, 0.25) is 0 Å². The SMILES string of the molecule is C[CH](C)[Sn]([CH3])([CH3])[N](C)C. The van der Waals surface area contributed by atoms with Crippen molar-refractivity contribution in [2.75, 3.05) is 14.1 Å². The zero-order valence-electron chi connectivity index (χ0n) is 7.52. The van der Waals surface area contributed by atoms with Gasteiger partial charge in [-0.05, 0) is 0 Å². The van der Waals surface area contributed by atoms with Crippen LogP contribution in [0.5, 0.6) is 0 Å². The Morgan fingerprint density at radius 2 is 1.44 bits per heavy atom. The van der Waals surface area contributed by atoms with Crippen molar-refractivity contribution < 1.29 is 0 Å². The van der Waals surface area contributed by atoms with Crippen molar-refractivity contribution in [3.63, 3.8) is 0 Å². The fourth-order valence-electron chi connectivity index (χ4n) is 0.516. The fraction of sp³-hybridized carbons (Fsp3) is 1.00. The zero-order valence-corrected chi connectivity index (χ0v) is 10.4. The molecular formula is C7H19NSn. The van der Waals surface area contributed by atoms with E-state index in [1.54, 1.807) is 0 Å². The molecule has 2 heteroatoms. The van der Waals surface area contributed by atoms with Gasteiger partial charge in [0.1, 0.15) is 0 Å². The van der Waals surface area contributed by atoms with Crippen molar-refractivity contribution in [1.29, 1.82) is 0 Å². The molecule has 0 spiro atoms. The summed E-state index contributed by atoms with van der Waals surface area (Å²) in [6.07, 6.45) is 0. The summed E-state index contributed by atoms with van der Waals surface area (Å²) < 4.78 is 3.40. The first-order chi connectivity index (χ1) is 3.89. The molecular weight excluding hydrogens is 217 g/mol. The first-order valence-corrected chi connectivity index (χ1v) is 12.2. The molecule has 0 atom stereocenters. The van der Waals surface area contributed by atoms with Gasteiger partial charge in [0.15, 0.2) is 0 Å². The molecule has 0 aliphatic rings. The van der Waals surface area contributed by atoms with Crippen LogP contribution >= 0.6 is 0 Å². The van der Waals surface area contributed by atoms with Crippen molar-refractivity contribution in [3.8, 4) is 0 Å². The molecule has 0 amide bonds. The van der Waals surface area contributed by atoms with E-state index in [2.05, 4.69) is 40.9 Å². The molecule has 1 nitrogen and oxygen atoms in total. The van der Waals surface area contributed by atoms with Crippen LogP contribution < -0.4 is 0 Å². The molecule has 0 fully saturated rings. The standard InChI is InChI=1S/C3H7.C2H6N.2CH3.Sn/c2*1-3-2;;;/h3H,1-2H3;1-2H3;2*1H3;/q;-1;;;+1. The maximum absolute atomic E-state index is 2.47. The van der Waals surface area contributed by atoms with E-state index in [0.29, 0.717) is 0 Å². The molecule has 0 aromatic carbocycles. The van der Waals surface area contributed by atoms with Gasteiger partial charge in [0, 0.05) is 0 Å². The van der Waals surface area contributed by atoms with Crippen LogP contribution in [0.25, 0.3) is 0 Å². The normalized spacial score (nSPS) is 13.3. The second-order valence-corrected chi connectivity index (χ2v) is 19.0. The van der Waals surface area contributed by atoms with Crippen molar-refractivity contribution in [1.82, 2.24) is 3.12 Å². The molecule has 0 heterocycles. The number of hydrogen-bond donors (Lipinski definition) is 0. The monoisotopic (exact) mass is 237 g/mol. The zero-order chi connectivity index (χ0) is 7.65. The van der Waals surface area contributed by atoms with E-state index in [4.69, 9.17) is 0 Å². The Bertz CT molecular complexity index is 76.9. The summed E-state index contributed by atoms with van der Waals surface area (Å²) in [6.45, 7) is 4.69. The van der Waals surface area contributed by atoms with E-state index >= 15 is 0 Å². The molecule has 56 valence electrons. The quantitative estimate of drug-likeness (QED) is 0.664. The van der Waals surface area contributed by atoms with Crippen molar-refractivity contribution in [2.24, 2.45) is 0 Å². The third kappa shape index (κ3) is 2.46. The minimum absolute atomic E-state index is 0.925. The molecule has 0 bridgehead atoms. The predicted molar refractivity (Wildman–Crippen MR) is 46.3 cm³/mol. The second-order valence-electron chi connectivity index (χ2n) is 3.70. The van der Waals surface area contributed by atoms with Gasteiger partial charge in [-0.15, -0.1) is 0 Å². The molecule has 0 aromatic rings. The van der Waals surface area contributed by atoms with Crippen LogP contribution in [0.4, 0.5) is 0 Å². The Balaban J connectivity index is 4.01. The average molecular weight is 236 g/mol. The molecule has 0 N–H and O–H groups in total. The van der Waals surface area contributed by atoms with E-state index in [1.807, 2.05) is 0 Å². The first-order valence-electron chi connectivity index (χ1n) is 3.56. The number of hydrogen-bond acceptors (Lipinski definition) is 1. The molecule has 0 rings (SSSR count). The van der Waals surface area contributed by atoms with Gasteiger partial charge < -0.3 is 0 Å². The maximum atomic E-state index is 2.47. The van der Waals surface area contributed by atoms with E-state index in [9.17, 15) is 0 Å². The van der Waals surface area contributed by atoms with Crippen LogP contribution in [-0.2, 0) is 0 Å².